The highest BCUT2D eigenvalue weighted by molar-refractivity contribution is 7.80. The molecule has 0 amide bonds. The highest BCUT2D eigenvalue weighted by atomic mass is 32.1. The SMILES string of the molecule is CN(CCOC(=S)NN)c1ccc(C=O)cc1. The molecule has 0 unspecified atom stereocenters. The Labute approximate surface area is 106 Å². The van der Waals surface area contributed by atoms with E-state index in [9.17, 15) is 4.79 Å². The lowest BCUT2D eigenvalue weighted by molar-refractivity contribution is 0.112. The largest absolute Gasteiger partial charge is 0.468 e. The molecule has 5 nitrogen and oxygen atoms in total. The van der Waals surface area contributed by atoms with Crippen LogP contribution in [-0.4, -0.2) is 31.7 Å². The van der Waals surface area contributed by atoms with Crippen molar-refractivity contribution < 1.29 is 9.53 Å². The lowest BCUT2D eigenvalue weighted by Gasteiger charge is -2.19. The van der Waals surface area contributed by atoms with E-state index in [1.54, 1.807) is 12.1 Å². The summed E-state index contributed by atoms with van der Waals surface area (Å²) in [7, 11) is 1.93. The summed E-state index contributed by atoms with van der Waals surface area (Å²) in [5.74, 6) is 5.07. The molecule has 0 heterocycles. The van der Waals surface area contributed by atoms with Crippen LogP contribution in [0.3, 0.4) is 0 Å². The van der Waals surface area contributed by atoms with Crippen molar-refractivity contribution in [3.8, 4) is 0 Å². The minimum Gasteiger partial charge on any atom is -0.468 e. The number of carbonyl (C=O) groups excluding carboxylic acids is 1. The van der Waals surface area contributed by atoms with Crippen molar-refractivity contribution in [3.05, 3.63) is 29.8 Å². The molecule has 0 radical (unpaired) electrons. The van der Waals surface area contributed by atoms with E-state index in [0.29, 0.717) is 18.7 Å². The Bertz CT molecular complexity index is 381. The van der Waals surface area contributed by atoms with Gasteiger partial charge in [-0.25, -0.2) is 5.84 Å². The van der Waals surface area contributed by atoms with Crippen molar-refractivity contribution in [2.75, 3.05) is 25.1 Å². The Kier molecular flexibility index (Phi) is 5.38. The van der Waals surface area contributed by atoms with Crippen LogP contribution in [0.1, 0.15) is 10.4 Å². The maximum Gasteiger partial charge on any atom is 0.271 e. The van der Waals surface area contributed by atoms with E-state index in [1.807, 2.05) is 24.1 Å². The van der Waals surface area contributed by atoms with Gasteiger partial charge in [0.25, 0.3) is 5.17 Å². The summed E-state index contributed by atoms with van der Waals surface area (Å²) in [6.07, 6.45) is 0.818. The monoisotopic (exact) mass is 253 g/mol. The Hall–Kier alpha value is -1.66. The first-order valence-corrected chi connectivity index (χ1v) is 5.48. The molecule has 1 aromatic rings. The number of nitrogens with zero attached hydrogens (tertiary/aromatic N) is 1. The molecule has 0 aliphatic heterocycles. The topological polar surface area (TPSA) is 67.6 Å². The van der Waals surface area contributed by atoms with E-state index in [1.165, 1.54) is 0 Å². The molecular weight excluding hydrogens is 238 g/mol. The smallest absolute Gasteiger partial charge is 0.271 e. The molecule has 1 rings (SSSR count). The summed E-state index contributed by atoms with van der Waals surface area (Å²) in [5.41, 5.74) is 3.91. The van der Waals surface area contributed by atoms with Crippen LogP contribution < -0.4 is 16.2 Å². The number of thiocarbonyl (C=S) groups is 1. The van der Waals surface area contributed by atoms with Gasteiger partial charge in [-0.1, -0.05) is 0 Å². The quantitative estimate of drug-likeness (QED) is 0.348. The average Bonchev–Trinajstić information content (AvgIpc) is 2.38. The molecule has 92 valence electrons. The number of nitrogens with one attached hydrogen (secondary N) is 1. The fourth-order valence-corrected chi connectivity index (χ4v) is 1.34. The van der Waals surface area contributed by atoms with E-state index in [0.717, 1.165) is 12.0 Å². The molecule has 0 aromatic heterocycles. The second kappa shape index (κ2) is 6.82. The number of carbonyl (C=O) groups is 1. The van der Waals surface area contributed by atoms with Crippen LogP contribution in [0.2, 0.25) is 0 Å². The molecule has 6 heteroatoms. The molecule has 0 aliphatic rings. The molecule has 3 N–H and O–H groups in total. The first kappa shape index (κ1) is 13.4. The van der Waals surface area contributed by atoms with E-state index in [4.69, 9.17) is 22.8 Å². The van der Waals surface area contributed by atoms with Crippen LogP contribution in [0.15, 0.2) is 24.3 Å². The van der Waals surface area contributed by atoms with Crippen molar-refractivity contribution in [2.45, 2.75) is 0 Å². The Morgan fingerprint density at radius 1 is 1.53 bits per heavy atom. The van der Waals surface area contributed by atoms with Gasteiger partial charge in [-0.05, 0) is 36.5 Å². The van der Waals surface area contributed by atoms with Crippen LogP contribution in [0.5, 0.6) is 0 Å². The maximum absolute atomic E-state index is 10.5. The molecule has 0 spiro atoms. The summed E-state index contributed by atoms with van der Waals surface area (Å²) >= 11 is 4.74. The number of likely N-dealkylation sites (N-methyl/N-ethyl adjacent to an activating group) is 1. The number of benzene rings is 1. The lowest BCUT2D eigenvalue weighted by atomic mass is 10.2. The van der Waals surface area contributed by atoms with Crippen molar-refractivity contribution in [1.82, 2.24) is 5.43 Å². The standard InChI is InChI=1S/C11H15N3O2S/c1-14(6-7-16-11(17)13-12)10-4-2-9(8-15)3-5-10/h2-5,8H,6-7,12H2,1H3,(H,13,17). The van der Waals surface area contributed by atoms with Crippen LogP contribution in [-0.2, 0) is 4.74 Å². The normalized spacial score (nSPS) is 9.53. The average molecular weight is 253 g/mol. The first-order chi connectivity index (χ1) is 8.17. The zero-order chi connectivity index (χ0) is 12.7. The molecule has 0 atom stereocenters. The summed E-state index contributed by atoms with van der Waals surface area (Å²) < 4.78 is 5.13. The minimum absolute atomic E-state index is 0.176. The third-order valence-electron chi connectivity index (χ3n) is 2.25. The summed E-state index contributed by atoms with van der Waals surface area (Å²) in [6, 6.07) is 7.30. The van der Waals surface area contributed by atoms with Crippen LogP contribution in [0.25, 0.3) is 0 Å². The minimum atomic E-state index is 0.176. The number of nitrogens with two attached hydrogens (primary N) is 1. The molecule has 0 saturated heterocycles. The molecule has 0 saturated carbocycles. The van der Waals surface area contributed by atoms with Crippen LogP contribution in [0, 0.1) is 0 Å². The first-order valence-electron chi connectivity index (χ1n) is 5.07. The van der Waals surface area contributed by atoms with Crippen molar-refractivity contribution in [1.29, 1.82) is 0 Å². The molecule has 0 fully saturated rings. The zero-order valence-electron chi connectivity index (χ0n) is 9.55. The second-order valence-corrected chi connectivity index (χ2v) is 3.78. The third kappa shape index (κ3) is 4.38. The summed E-state index contributed by atoms with van der Waals surface area (Å²) in [6.45, 7) is 1.11. The fourth-order valence-electron chi connectivity index (χ4n) is 1.25. The molecule has 0 bridgehead atoms. The highest BCUT2D eigenvalue weighted by Crippen LogP contribution is 2.12. The Balaban J connectivity index is 2.43. The Morgan fingerprint density at radius 3 is 2.71 bits per heavy atom. The summed E-state index contributed by atoms with van der Waals surface area (Å²) in [5, 5.41) is 0.176. The van der Waals surface area contributed by atoms with Gasteiger partial charge < -0.3 is 9.64 Å². The fraction of sp³-hybridized carbons (Fsp3) is 0.273. The van der Waals surface area contributed by atoms with E-state index < -0.39 is 0 Å². The van der Waals surface area contributed by atoms with Gasteiger partial charge in [0, 0.05) is 18.3 Å². The zero-order valence-corrected chi connectivity index (χ0v) is 10.4. The molecular formula is C11H15N3O2S. The number of hydrazine groups is 1. The highest BCUT2D eigenvalue weighted by Gasteiger charge is 2.01. The van der Waals surface area contributed by atoms with Gasteiger partial charge >= 0.3 is 0 Å². The van der Waals surface area contributed by atoms with E-state index in [-0.39, 0.29) is 5.17 Å². The van der Waals surface area contributed by atoms with Gasteiger partial charge in [0.05, 0.1) is 6.54 Å². The second-order valence-electron chi connectivity index (χ2n) is 3.41. The summed E-state index contributed by atoms with van der Waals surface area (Å²) in [4.78, 5) is 12.5. The molecule has 17 heavy (non-hydrogen) atoms. The van der Waals surface area contributed by atoms with Gasteiger partial charge in [-0.2, -0.15) is 0 Å². The number of ether oxygens (including phenoxy) is 1. The third-order valence-corrected chi connectivity index (χ3v) is 2.48. The van der Waals surface area contributed by atoms with Gasteiger partial charge in [-0.3, -0.25) is 10.2 Å². The maximum atomic E-state index is 10.5. The lowest BCUT2D eigenvalue weighted by Crippen LogP contribution is -2.33. The van der Waals surface area contributed by atoms with Gasteiger partial charge in [-0.15, -0.1) is 0 Å². The predicted molar refractivity (Wildman–Crippen MR) is 71.0 cm³/mol. The van der Waals surface area contributed by atoms with Crippen molar-refractivity contribution >= 4 is 29.4 Å². The van der Waals surface area contributed by atoms with E-state index >= 15 is 0 Å². The molecule has 0 aliphatic carbocycles. The number of rotatable bonds is 5. The molecule has 1 aromatic carbocycles. The van der Waals surface area contributed by atoms with Gasteiger partial charge in [0.2, 0.25) is 0 Å². The van der Waals surface area contributed by atoms with Crippen molar-refractivity contribution in [3.63, 3.8) is 0 Å². The number of hydrogen-bond acceptors (Lipinski definition) is 5. The van der Waals surface area contributed by atoms with Crippen LogP contribution in [0.4, 0.5) is 5.69 Å². The number of anilines is 1. The number of aldehydes is 1. The predicted octanol–water partition coefficient (Wildman–Crippen LogP) is 0.700. The van der Waals surface area contributed by atoms with E-state index in [2.05, 4.69) is 5.43 Å². The Morgan fingerprint density at radius 2 is 2.18 bits per heavy atom. The van der Waals surface area contributed by atoms with Crippen LogP contribution >= 0.6 is 12.2 Å². The van der Waals surface area contributed by atoms with Crippen molar-refractivity contribution in [2.24, 2.45) is 5.84 Å². The van der Waals surface area contributed by atoms with Gasteiger partial charge in [0.15, 0.2) is 0 Å². The van der Waals surface area contributed by atoms with Gasteiger partial charge in [0.1, 0.15) is 12.9 Å². The number of hydrogen-bond donors (Lipinski definition) is 2.